The van der Waals surface area contributed by atoms with Crippen molar-refractivity contribution in [2.45, 2.75) is 0 Å². The minimum absolute atomic E-state index is 0.0932. The Morgan fingerprint density at radius 3 is 2.04 bits per heavy atom. The Hall–Kier alpha value is -3.71. The second-order valence-electron chi connectivity index (χ2n) is 5.62. The normalized spacial score (nSPS) is 12.8. The van der Waals surface area contributed by atoms with Gasteiger partial charge in [0.25, 0.3) is 0 Å². The van der Waals surface area contributed by atoms with E-state index < -0.39 is 0 Å². The fourth-order valence-electron chi connectivity index (χ4n) is 2.92. The summed E-state index contributed by atoms with van der Waals surface area (Å²) in [6.45, 7) is 0. The molecule has 1 aromatic heterocycles. The van der Waals surface area contributed by atoms with Gasteiger partial charge in [-0.25, -0.2) is 0 Å². The van der Waals surface area contributed by atoms with Gasteiger partial charge in [0.15, 0.2) is 11.6 Å². The minimum atomic E-state index is -0.295. The molecule has 0 saturated carbocycles. The Kier molecular flexibility index (Phi) is 3.41. The zero-order valence-electron chi connectivity index (χ0n) is 13.0. The Morgan fingerprint density at radius 1 is 0.800 bits per heavy atom. The molecular formula is C21H11NO3. The van der Waals surface area contributed by atoms with Gasteiger partial charge in [0, 0.05) is 16.7 Å². The first-order chi connectivity index (χ1) is 12.2. The zero-order chi connectivity index (χ0) is 17.4. The molecule has 2 aromatic carbocycles. The maximum Gasteiger partial charge on any atom is 0.197 e. The van der Waals surface area contributed by atoms with Crippen LogP contribution in [0.2, 0.25) is 0 Å². The van der Waals surface area contributed by atoms with Crippen LogP contribution in [0.15, 0.2) is 70.7 Å². The van der Waals surface area contributed by atoms with Crippen molar-refractivity contribution in [3.05, 3.63) is 88.7 Å². The molecule has 4 rings (SSSR count). The van der Waals surface area contributed by atoms with E-state index in [0.29, 0.717) is 33.8 Å². The molecule has 0 amide bonds. The third-order valence-electron chi connectivity index (χ3n) is 4.13. The predicted molar refractivity (Wildman–Crippen MR) is 91.9 cm³/mol. The monoisotopic (exact) mass is 325 g/mol. The van der Waals surface area contributed by atoms with Crippen LogP contribution in [0.3, 0.4) is 0 Å². The molecule has 0 unspecified atom stereocenters. The van der Waals surface area contributed by atoms with Gasteiger partial charge >= 0.3 is 0 Å². The number of fused-ring (bicyclic) bond motifs is 1. The number of hydrogen-bond acceptors (Lipinski definition) is 4. The van der Waals surface area contributed by atoms with E-state index in [4.69, 9.17) is 4.42 Å². The summed E-state index contributed by atoms with van der Waals surface area (Å²) in [4.78, 5) is 24.8. The first-order valence-electron chi connectivity index (χ1n) is 7.68. The van der Waals surface area contributed by atoms with Crippen molar-refractivity contribution >= 4 is 17.6 Å². The van der Waals surface area contributed by atoms with Crippen molar-refractivity contribution in [3.63, 3.8) is 0 Å². The Morgan fingerprint density at radius 2 is 1.40 bits per heavy atom. The van der Waals surface area contributed by atoms with Crippen LogP contribution in [-0.2, 0) is 0 Å². The number of allylic oxidation sites excluding steroid dienone is 1. The molecule has 4 nitrogen and oxygen atoms in total. The maximum atomic E-state index is 12.4. The molecule has 1 aliphatic carbocycles. The SMILES string of the molecule is N#Cc1ccccc1-c1ccc(C=C2C(=O)c3ccccc3C2=O)o1. The number of carbonyl (C=O) groups excluding carboxylic acids is 2. The first kappa shape index (κ1) is 14.9. The van der Waals surface area contributed by atoms with Crippen LogP contribution in [0.4, 0.5) is 0 Å². The number of rotatable bonds is 2. The van der Waals surface area contributed by atoms with Crippen molar-refractivity contribution < 1.29 is 14.0 Å². The van der Waals surface area contributed by atoms with Gasteiger partial charge in [-0.05, 0) is 30.3 Å². The number of nitrogens with zero attached hydrogens (tertiary/aromatic N) is 1. The summed E-state index contributed by atoms with van der Waals surface area (Å²) in [5, 5.41) is 9.19. The summed E-state index contributed by atoms with van der Waals surface area (Å²) < 4.78 is 5.74. The Labute approximate surface area is 143 Å². The lowest BCUT2D eigenvalue weighted by Crippen LogP contribution is -1.99. The predicted octanol–water partition coefficient (Wildman–Crippen LogP) is 4.28. The van der Waals surface area contributed by atoms with E-state index in [0.717, 1.165) is 0 Å². The summed E-state index contributed by atoms with van der Waals surface area (Å²) in [6, 6.07) is 19.4. The molecular weight excluding hydrogens is 314 g/mol. The molecule has 0 atom stereocenters. The van der Waals surface area contributed by atoms with E-state index in [1.165, 1.54) is 6.08 Å². The minimum Gasteiger partial charge on any atom is -0.457 e. The number of Topliss-reactive ketones (excluding diaryl/α,β-unsaturated/α-hetero) is 2. The van der Waals surface area contributed by atoms with E-state index in [1.807, 2.05) is 6.07 Å². The average molecular weight is 325 g/mol. The second kappa shape index (κ2) is 5.73. The molecule has 0 bridgehead atoms. The van der Waals surface area contributed by atoms with E-state index in [9.17, 15) is 14.9 Å². The molecule has 1 aliphatic rings. The second-order valence-corrected chi connectivity index (χ2v) is 5.62. The quantitative estimate of drug-likeness (QED) is 0.521. The molecule has 118 valence electrons. The molecule has 0 aliphatic heterocycles. The van der Waals surface area contributed by atoms with Gasteiger partial charge in [-0.1, -0.05) is 36.4 Å². The summed E-state index contributed by atoms with van der Waals surface area (Å²) in [5.41, 5.74) is 2.09. The third kappa shape index (κ3) is 2.39. The number of furan rings is 1. The summed E-state index contributed by atoms with van der Waals surface area (Å²) in [5.74, 6) is 0.318. The molecule has 0 spiro atoms. The standard InChI is InChI=1S/C21H11NO3/c22-12-13-5-1-2-6-15(13)19-10-9-14(25-19)11-18-20(23)16-7-3-4-8-17(16)21(18)24/h1-11H. The highest BCUT2D eigenvalue weighted by Gasteiger charge is 2.32. The van der Waals surface area contributed by atoms with Crippen LogP contribution in [0.1, 0.15) is 32.0 Å². The van der Waals surface area contributed by atoms with Gasteiger partial charge in [0.05, 0.1) is 17.2 Å². The molecule has 0 N–H and O–H groups in total. The van der Waals surface area contributed by atoms with Crippen LogP contribution in [0, 0.1) is 11.3 Å². The van der Waals surface area contributed by atoms with Crippen molar-refractivity contribution in [3.8, 4) is 17.4 Å². The average Bonchev–Trinajstić information content (AvgIpc) is 3.21. The number of nitriles is 1. The van der Waals surface area contributed by atoms with Crippen molar-refractivity contribution in [2.75, 3.05) is 0 Å². The fraction of sp³-hybridized carbons (Fsp3) is 0. The summed E-state index contributed by atoms with van der Waals surface area (Å²) in [6.07, 6.45) is 1.46. The lowest BCUT2D eigenvalue weighted by atomic mass is 10.1. The molecule has 1 heterocycles. The van der Waals surface area contributed by atoms with Gasteiger partial charge in [0.2, 0.25) is 0 Å². The highest BCUT2D eigenvalue weighted by molar-refractivity contribution is 6.41. The number of benzene rings is 2. The molecule has 0 fully saturated rings. The van der Waals surface area contributed by atoms with Crippen LogP contribution in [0.5, 0.6) is 0 Å². The van der Waals surface area contributed by atoms with Gasteiger partial charge < -0.3 is 4.42 Å². The number of carbonyl (C=O) groups is 2. The maximum absolute atomic E-state index is 12.4. The molecule has 4 heteroatoms. The van der Waals surface area contributed by atoms with Crippen LogP contribution in [-0.4, -0.2) is 11.6 Å². The highest BCUT2D eigenvalue weighted by atomic mass is 16.3. The van der Waals surface area contributed by atoms with Crippen molar-refractivity contribution in [2.24, 2.45) is 0 Å². The van der Waals surface area contributed by atoms with Gasteiger partial charge in [-0.15, -0.1) is 0 Å². The summed E-state index contributed by atoms with van der Waals surface area (Å²) >= 11 is 0. The van der Waals surface area contributed by atoms with Gasteiger partial charge in [-0.2, -0.15) is 5.26 Å². The van der Waals surface area contributed by atoms with E-state index >= 15 is 0 Å². The Balaban J connectivity index is 1.73. The topological polar surface area (TPSA) is 71.1 Å². The number of hydrogen-bond donors (Lipinski definition) is 0. The lowest BCUT2D eigenvalue weighted by Gasteiger charge is -1.99. The largest absolute Gasteiger partial charge is 0.457 e. The smallest absolute Gasteiger partial charge is 0.197 e. The fourth-order valence-corrected chi connectivity index (χ4v) is 2.92. The Bertz CT molecular complexity index is 1060. The van der Waals surface area contributed by atoms with Crippen LogP contribution >= 0.6 is 0 Å². The van der Waals surface area contributed by atoms with Crippen molar-refractivity contribution in [1.29, 1.82) is 5.26 Å². The van der Waals surface area contributed by atoms with Crippen LogP contribution < -0.4 is 0 Å². The molecule has 0 saturated heterocycles. The van der Waals surface area contributed by atoms with E-state index in [-0.39, 0.29) is 17.1 Å². The highest BCUT2D eigenvalue weighted by Crippen LogP contribution is 2.30. The first-order valence-corrected chi connectivity index (χ1v) is 7.68. The van der Waals surface area contributed by atoms with Gasteiger partial charge in [-0.3, -0.25) is 9.59 Å². The zero-order valence-corrected chi connectivity index (χ0v) is 13.0. The molecule has 25 heavy (non-hydrogen) atoms. The number of ketones is 2. The lowest BCUT2D eigenvalue weighted by molar-refractivity contribution is 0.0990. The third-order valence-corrected chi connectivity index (χ3v) is 4.13. The van der Waals surface area contributed by atoms with E-state index in [2.05, 4.69) is 6.07 Å². The molecule has 3 aromatic rings. The van der Waals surface area contributed by atoms with E-state index in [1.54, 1.807) is 54.6 Å². The molecule has 0 radical (unpaired) electrons. The van der Waals surface area contributed by atoms with Crippen LogP contribution in [0.25, 0.3) is 17.4 Å². The summed E-state index contributed by atoms with van der Waals surface area (Å²) in [7, 11) is 0. The van der Waals surface area contributed by atoms with Gasteiger partial charge in [0.1, 0.15) is 11.5 Å². The van der Waals surface area contributed by atoms with Crippen molar-refractivity contribution in [1.82, 2.24) is 0 Å².